The highest BCUT2D eigenvalue weighted by molar-refractivity contribution is 6.29. The number of pyridine rings is 1. The van der Waals surface area contributed by atoms with E-state index in [0.717, 1.165) is 6.42 Å². The molecule has 1 aliphatic heterocycles. The van der Waals surface area contributed by atoms with Gasteiger partial charge in [0, 0.05) is 6.04 Å². The number of carbonyl (C=O) groups is 1. The summed E-state index contributed by atoms with van der Waals surface area (Å²) in [6.45, 7) is 0. The zero-order valence-electron chi connectivity index (χ0n) is 8.61. The summed E-state index contributed by atoms with van der Waals surface area (Å²) >= 11 is 5.74. The molecule has 5 heteroatoms. The lowest BCUT2D eigenvalue weighted by Crippen LogP contribution is -2.38. The van der Waals surface area contributed by atoms with Gasteiger partial charge in [-0.1, -0.05) is 17.7 Å². The van der Waals surface area contributed by atoms with Crippen LogP contribution in [0.2, 0.25) is 5.15 Å². The minimum atomic E-state index is -0.0652. The Labute approximate surface area is 98.4 Å². The largest absolute Gasteiger partial charge is 0.309 e. The zero-order valence-corrected chi connectivity index (χ0v) is 9.37. The fourth-order valence-electron chi connectivity index (χ4n) is 2.22. The van der Waals surface area contributed by atoms with Crippen LogP contribution in [0.3, 0.4) is 0 Å². The first kappa shape index (κ1) is 10.1. The van der Waals surface area contributed by atoms with Crippen molar-refractivity contribution in [3.8, 4) is 0 Å². The summed E-state index contributed by atoms with van der Waals surface area (Å²) in [6.07, 6.45) is 2.16. The van der Waals surface area contributed by atoms with E-state index < -0.39 is 0 Å². The van der Waals surface area contributed by atoms with Gasteiger partial charge in [0.05, 0.1) is 6.04 Å². The molecule has 3 atom stereocenters. The fourth-order valence-corrected chi connectivity index (χ4v) is 2.38. The van der Waals surface area contributed by atoms with Crippen LogP contribution in [-0.4, -0.2) is 23.0 Å². The molecule has 0 bridgehead atoms. The first-order chi connectivity index (χ1) is 7.72. The SMILES string of the molecule is O=C(Nc1cccc(Cl)n1)C1CC2CC2N1. The summed E-state index contributed by atoms with van der Waals surface area (Å²) in [7, 11) is 0. The van der Waals surface area contributed by atoms with Crippen molar-refractivity contribution in [2.45, 2.75) is 24.9 Å². The molecule has 1 aromatic rings. The van der Waals surface area contributed by atoms with Gasteiger partial charge in [0.15, 0.2) is 0 Å². The van der Waals surface area contributed by atoms with Gasteiger partial charge in [0.25, 0.3) is 0 Å². The lowest BCUT2D eigenvalue weighted by Gasteiger charge is -2.12. The quantitative estimate of drug-likeness (QED) is 0.765. The van der Waals surface area contributed by atoms with Gasteiger partial charge in [-0.15, -0.1) is 0 Å². The second-order valence-electron chi connectivity index (χ2n) is 4.39. The zero-order chi connectivity index (χ0) is 11.1. The predicted octanol–water partition coefficient (Wildman–Crippen LogP) is 1.42. The molecule has 2 heterocycles. The molecule has 4 nitrogen and oxygen atoms in total. The van der Waals surface area contributed by atoms with Crippen molar-refractivity contribution in [2.24, 2.45) is 5.92 Å². The number of nitrogens with one attached hydrogen (secondary N) is 2. The highest BCUT2D eigenvalue weighted by Gasteiger charge is 2.47. The Bertz CT molecular complexity index is 427. The van der Waals surface area contributed by atoms with Crippen molar-refractivity contribution in [1.29, 1.82) is 0 Å². The number of hydrogen-bond donors (Lipinski definition) is 2. The van der Waals surface area contributed by atoms with Crippen LogP contribution in [0.25, 0.3) is 0 Å². The Hall–Kier alpha value is -1.13. The summed E-state index contributed by atoms with van der Waals surface area (Å²) in [5.41, 5.74) is 0. The van der Waals surface area contributed by atoms with Crippen LogP contribution in [0.15, 0.2) is 18.2 Å². The number of rotatable bonds is 2. The van der Waals surface area contributed by atoms with Crippen LogP contribution < -0.4 is 10.6 Å². The molecule has 0 radical (unpaired) electrons. The van der Waals surface area contributed by atoms with Crippen molar-refractivity contribution >= 4 is 23.3 Å². The third-order valence-electron chi connectivity index (χ3n) is 3.16. The average Bonchev–Trinajstić information content (AvgIpc) is 2.86. The summed E-state index contributed by atoms with van der Waals surface area (Å²) in [6, 6.07) is 5.69. The molecule has 3 rings (SSSR count). The molecular weight excluding hydrogens is 226 g/mol. The van der Waals surface area contributed by atoms with Crippen LogP contribution in [0, 0.1) is 5.92 Å². The van der Waals surface area contributed by atoms with Crippen LogP contribution in [0.1, 0.15) is 12.8 Å². The smallest absolute Gasteiger partial charge is 0.242 e. The molecule has 2 fully saturated rings. The number of hydrogen-bond acceptors (Lipinski definition) is 3. The van der Waals surface area contributed by atoms with Gasteiger partial charge in [-0.3, -0.25) is 4.79 Å². The predicted molar refractivity (Wildman–Crippen MR) is 61.3 cm³/mol. The van der Waals surface area contributed by atoms with Crippen molar-refractivity contribution in [3.63, 3.8) is 0 Å². The summed E-state index contributed by atoms with van der Waals surface area (Å²) in [5, 5.41) is 6.45. The number of piperidine rings is 1. The number of aromatic nitrogens is 1. The van der Waals surface area contributed by atoms with Crippen LogP contribution in [-0.2, 0) is 4.79 Å². The maximum atomic E-state index is 11.8. The first-order valence-electron chi connectivity index (χ1n) is 5.42. The van der Waals surface area contributed by atoms with E-state index in [1.54, 1.807) is 18.2 Å². The lowest BCUT2D eigenvalue weighted by molar-refractivity contribution is -0.118. The van der Waals surface area contributed by atoms with E-state index in [4.69, 9.17) is 11.6 Å². The van der Waals surface area contributed by atoms with Gasteiger partial charge >= 0.3 is 0 Å². The molecule has 1 aliphatic carbocycles. The highest BCUT2D eigenvalue weighted by atomic mass is 35.5. The topological polar surface area (TPSA) is 54.0 Å². The van der Waals surface area contributed by atoms with E-state index in [2.05, 4.69) is 15.6 Å². The molecule has 0 spiro atoms. The average molecular weight is 238 g/mol. The van der Waals surface area contributed by atoms with Gasteiger partial charge in [-0.05, 0) is 30.9 Å². The van der Waals surface area contributed by atoms with E-state index in [1.165, 1.54) is 6.42 Å². The molecule has 0 aromatic carbocycles. The van der Waals surface area contributed by atoms with Crippen LogP contribution >= 0.6 is 11.6 Å². The maximum absolute atomic E-state index is 11.8. The monoisotopic (exact) mass is 237 g/mol. The Morgan fingerprint density at radius 1 is 1.50 bits per heavy atom. The Kier molecular flexibility index (Phi) is 2.33. The molecule has 84 valence electrons. The molecule has 1 amide bonds. The van der Waals surface area contributed by atoms with Crippen molar-refractivity contribution in [3.05, 3.63) is 23.4 Å². The second-order valence-corrected chi connectivity index (χ2v) is 4.78. The fraction of sp³-hybridized carbons (Fsp3) is 0.455. The minimum Gasteiger partial charge on any atom is -0.309 e. The molecular formula is C11H12ClN3O. The van der Waals surface area contributed by atoms with E-state index >= 15 is 0 Å². The number of carbonyl (C=O) groups excluding carboxylic acids is 1. The number of nitrogens with zero attached hydrogens (tertiary/aromatic N) is 1. The molecule has 3 unspecified atom stereocenters. The Balaban J connectivity index is 1.64. The molecule has 1 saturated heterocycles. The first-order valence-corrected chi connectivity index (χ1v) is 5.79. The standard InChI is InChI=1S/C11H12ClN3O/c12-9-2-1-3-10(14-9)15-11(16)8-5-6-4-7(6)13-8/h1-3,6-8,13H,4-5H2,(H,14,15,16). The molecule has 1 saturated carbocycles. The number of anilines is 1. The van der Waals surface area contributed by atoms with E-state index in [9.17, 15) is 4.79 Å². The molecule has 2 aliphatic rings. The Morgan fingerprint density at radius 3 is 3.06 bits per heavy atom. The number of amides is 1. The number of fused-ring (bicyclic) bond motifs is 1. The van der Waals surface area contributed by atoms with E-state index in [0.29, 0.717) is 22.9 Å². The van der Waals surface area contributed by atoms with Crippen LogP contribution in [0.4, 0.5) is 5.82 Å². The maximum Gasteiger partial charge on any atom is 0.242 e. The van der Waals surface area contributed by atoms with Gasteiger partial charge < -0.3 is 10.6 Å². The third-order valence-corrected chi connectivity index (χ3v) is 3.37. The van der Waals surface area contributed by atoms with Crippen molar-refractivity contribution in [2.75, 3.05) is 5.32 Å². The summed E-state index contributed by atoms with van der Waals surface area (Å²) in [4.78, 5) is 15.9. The number of halogens is 1. The van der Waals surface area contributed by atoms with Gasteiger partial charge in [-0.25, -0.2) is 4.98 Å². The van der Waals surface area contributed by atoms with Gasteiger partial charge in [-0.2, -0.15) is 0 Å². The highest BCUT2D eigenvalue weighted by Crippen LogP contribution is 2.40. The Morgan fingerprint density at radius 2 is 2.38 bits per heavy atom. The summed E-state index contributed by atoms with van der Waals surface area (Å²) in [5.74, 6) is 1.21. The third kappa shape index (κ3) is 1.90. The van der Waals surface area contributed by atoms with Gasteiger partial charge in [0.2, 0.25) is 5.91 Å². The minimum absolute atomic E-state index is 0.0121. The summed E-state index contributed by atoms with van der Waals surface area (Å²) < 4.78 is 0. The van der Waals surface area contributed by atoms with Gasteiger partial charge in [0.1, 0.15) is 11.0 Å². The normalized spacial score (nSPS) is 30.9. The molecule has 16 heavy (non-hydrogen) atoms. The lowest BCUT2D eigenvalue weighted by atomic mass is 10.2. The van der Waals surface area contributed by atoms with E-state index in [1.807, 2.05) is 0 Å². The second kappa shape index (κ2) is 3.71. The molecule has 1 aromatic heterocycles. The van der Waals surface area contributed by atoms with Crippen LogP contribution in [0.5, 0.6) is 0 Å². The van der Waals surface area contributed by atoms with Crippen molar-refractivity contribution in [1.82, 2.24) is 10.3 Å². The van der Waals surface area contributed by atoms with E-state index in [-0.39, 0.29) is 11.9 Å². The molecule has 2 N–H and O–H groups in total. The van der Waals surface area contributed by atoms with Crippen molar-refractivity contribution < 1.29 is 4.79 Å².